The molecule has 0 aliphatic carbocycles. The van der Waals surface area contributed by atoms with Gasteiger partial charge in [-0.25, -0.2) is 9.78 Å². The summed E-state index contributed by atoms with van der Waals surface area (Å²) < 4.78 is 8.20. The zero-order valence-electron chi connectivity index (χ0n) is 17.4. The molecule has 0 radical (unpaired) electrons. The van der Waals surface area contributed by atoms with Gasteiger partial charge in [0.25, 0.3) is 0 Å². The van der Waals surface area contributed by atoms with E-state index in [0.717, 1.165) is 28.1 Å². The molecule has 0 fully saturated rings. The number of imidazole rings is 1. The number of carboxylic acid groups (broad SMARTS) is 1. The molecule has 0 saturated carbocycles. The van der Waals surface area contributed by atoms with Gasteiger partial charge in [-0.3, -0.25) is 4.57 Å². The van der Waals surface area contributed by atoms with Gasteiger partial charge < -0.3 is 9.84 Å². The first-order valence-corrected chi connectivity index (χ1v) is 10.3. The minimum absolute atomic E-state index is 0.266. The number of carboxylic acids is 1. The van der Waals surface area contributed by atoms with Crippen LogP contribution in [-0.4, -0.2) is 20.6 Å². The maximum atomic E-state index is 11.3. The van der Waals surface area contributed by atoms with Crippen LogP contribution in [0.25, 0.3) is 28.1 Å². The highest BCUT2D eigenvalue weighted by Crippen LogP contribution is 2.32. The number of benzene rings is 4. The van der Waals surface area contributed by atoms with Crippen LogP contribution in [0.15, 0.2) is 97.1 Å². The summed E-state index contributed by atoms with van der Waals surface area (Å²) in [5.74, 6) is 1.14. The Balaban J connectivity index is 1.62. The van der Waals surface area contributed by atoms with Gasteiger partial charge in [-0.05, 0) is 55.0 Å². The van der Waals surface area contributed by atoms with E-state index >= 15 is 0 Å². The predicted molar refractivity (Wildman–Crippen MR) is 125 cm³/mol. The number of fused-ring (bicyclic) bond motifs is 1. The fourth-order valence-corrected chi connectivity index (χ4v) is 3.81. The lowest BCUT2D eigenvalue weighted by Gasteiger charge is -2.11. The zero-order valence-corrected chi connectivity index (χ0v) is 17.4. The largest absolute Gasteiger partial charge is 0.478 e. The Bertz CT molecular complexity index is 1420. The molecule has 1 heterocycles. The number of aryl methyl sites for hydroxylation is 1. The lowest BCUT2D eigenvalue weighted by molar-refractivity contribution is 0.0696. The highest BCUT2D eigenvalue weighted by atomic mass is 16.5. The standard InChI is InChI=1S/C27H20N2O3/c1-18-16-21(12-14-23(18)27(30)31)32-22-13-15-24-25(17-22)29(20-10-6-3-7-11-20)26(28-24)19-8-4-2-5-9-19/h2-17H,1H3,(H,30,31). The molecule has 5 rings (SSSR count). The van der Waals surface area contributed by atoms with Crippen molar-refractivity contribution >= 4 is 17.0 Å². The van der Waals surface area contributed by atoms with E-state index in [4.69, 9.17) is 9.72 Å². The molecular formula is C27H20N2O3. The number of carbonyl (C=O) groups is 1. The van der Waals surface area contributed by atoms with Gasteiger partial charge in [0.1, 0.15) is 17.3 Å². The molecule has 0 aliphatic heterocycles. The second-order valence-corrected chi connectivity index (χ2v) is 7.51. The molecule has 32 heavy (non-hydrogen) atoms. The molecule has 5 aromatic rings. The summed E-state index contributed by atoms with van der Waals surface area (Å²) in [6.07, 6.45) is 0. The first kappa shape index (κ1) is 19.6. The van der Waals surface area contributed by atoms with Crippen molar-refractivity contribution in [2.24, 2.45) is 0 Å². The molecule has 1 N–H and O–H groups in total. The van der Waals surface area contributed by atoms with E-state index in [1.165, 1.54) is 0 Å². The fourth-order valence-electron chi connectivity index (χ4n) is 3.81. The summed E-state index contributed by atoms with van der Waals surface area (Å²) in [4.78, 5) is 16.2. The minimum atomic E-state index is -0.948. The van der Waals surface area contributed by atoms with Gasteiger partial charge in [-0.2, -0.15) is 0 Å². The van der Waals surface area contributed by atoms with Crippen LogP contribution < -0.4 is 4.74 Å². The highest BCUT2D eigenvalue weighted by Gasteiger charge is 2.15. The van der Waals surface area contributed by atoms with Crippen molar-refractivity contribution in [3.8, 4) is 28.6 Å². The molecule has 0 spiro atoms. The predicted octanol–water partition coefficient (Wildman–Crippen LogP) is 6.49. The van der Waals surface area contributed by atoms with Crippen LogP contribution in [0.1, 0.15) is 15.9 Å². The number of aromatic carboxylic acids is 1. The molecule has 5 nitrogen and oxygen atoms in total. The van der Waals surface area contributed by atoms with Crippen molar-refractivity contribution in [1.82, 2.24) is 9.55 Å². The van der Waals surface area contributed by atoms with Gasteiger partial charge in [0.05, 0.1) is 16.6 Å². The van der Waals surface area contributed by atoms with E-state index in [9.17, 15) is 9.90 Å². The maximum Gasteiger partial charge on any atom is 0.335 e. The zero-order chi connectivity index (χ0) is 22.1. The van der Waals surface area contributed by atoms with Gasteiger partial charge in [-0.15, -0.1) is 0 Å². The lowest BCUT2D eigenvalue weighted by atomic mass is 10.1. The van der Waals surface area contributed by atoms with Crippen LogP contribution in [0.4, 0.5) is 0 Å². The van der Waals surface area contributed by atoms with Gasteiger partial charge in [0, 0.05) is 17.3 Å². The molecular weight excluding hydrogens is 400 g/mol. The average Bonchev–Trinajstić information content (AvgIpc) is 3.19. The van der Waals surface area contributed by atoms with Crippen LogP contribution >= 0.6 is 0 Å². The summed E-state index contributed by atoms with van der Waals surface area (Å²) >= 11 is 0. The van der Waals surface area contributed by atoms with Crippen LogP contribution in [0.5, 0.6) is 11.5 Å². The lowest BCUT2D eigenvalue weighted by Crippen LogP contribution is -1.99. The molecule has 0 saturated heterocycles. The number of para-hydroxylation sites is 1. The molecule has 0 atom stereocenters. The Morgan fingerprint density at radius 1 is 0.844 bits per heavy atom. The summed E-state index contributed by atoms with van der Waals surface area (Å²) in [5, 5.41) is 9.25. The Labute approximate surface area is 185 Å². The molecule has 0 aliphatic rings. The quantitative estimate of drug-likeness (QED) is 0.353. The number of rotatable bonds is 5. The van der Waals surface area contributed by atoms with Crippen molar-refractivity contribution < 1.29 is 14.6 Å². The van der Waals surface area contributed by atoms with Crippen molar-refractivity contribution in [2.45, 2.75) is 6.92 Å². The van der Waals surface area contributed by atoms with E-state index < -0.39 is 5.97 Å². The summed E-state index contributed by atoms with van der Waals surface area (Å²) in [6.45, 7) is 1.76. The Morgan fingerprint density at radius 3 is 2.19 bits per heavy atom. The minimum Gasteiger partial charge on any atom is -0.478 e. The van der Waals surface area contributed by atoms with Crippen LogP contribution in [-0.2, 0) is 0 Å². The van der Waals surface area contributed by atoms with Gasteiger partial charge in [0.15, 0.2) is 0 Å². The maximum absolute atomic E-state index is 11.3. The first-order chi connectivity index (χ1) is 15.6. The van der Waals surface area contributed by atoms with Crippen molar-refractivity contribution in [3.63, 3.8) is 0 Å². The highest BCUT2D eigenvalue weighted by molar-refractivity contribution is 5.89. The molecule has 0 unspecified atom stereocenters. The molecule has 5 heteroatoms. The number of hydrogen-bond donors (Lipinski definition) is 1. The molecule has 0 bridgehead atoms. The third-order valence-electron chi connectivity index (χ3n) is 5.34. The van der Waals surface area contributed by atoms with Crippen LogP contribution in [0.2, 0.25) is 0 Å². The Morgan fingerprint density at radius 2 is 1.50 bits per heavy atom. The van der Waals surface area contributed by atoms with E-state index in [2.05, 4.69) is 16.7 Å². The number of hydrogen-bond acceptors (Lipinski definition) is 3. The van der Waals surface area contributed by atoms with Gasteiger partial charge in [-0.1, -0.05) is 48.5 Å². The second kappa shape index (κ2) is 8.04. The Kier molecular flexibility index (Phi) is 4.92. The average molecular weight is 420 g/mol. The normalized spacial score (nSPS) is 10.9. The van der Waals surface area contributed by atoms with E-state index in [1.807, 2.05) is 66.7 Å². The van der Waals surface area contributed by atoms with Crippen LogP contribution in [0, 0.1) is 6.92 Å². The summed E-state index contributed by atoms with van der Waals surface area (Å²) in [6, 6.07) is 30.9. The van der Waals surface area contributed by atoms with Gasteiger partial charge in [0.2, 0.25) is 0 Å². The summed E-state index contributed by atoms with van der Waals surface area (Å²) in [7, 11) is 0. The Hall–Kier alpha value is -4.38. The molecule has 4 aromatic carbocycles. The number of ether oxygens (including phenoxy) is 1. The summed E-state index contributed by atoms with van der Waals surface area (Å²) in [5.41, 5.74) is 4.73. The molecule has 0 amide bonds. The number of aromatic nitrogens is 2. The second-order valence-electron chi connectivity index (χ2n) is 7.51. The third kappa shape index (κ3) is 3.61. The first-order valence-electron chi connectivity index (χ1n) is 10.3. The van der Waals surface area contributed by atoms with Crippen molar-refractivity contribution in [3.05, 3.63) is 108 Å². The number of nitrogens with zero attached hydrogens (tertiary/aromatic N) is 2. The third-order valence-corrected chi connectivity index (χ3v) is 5.34. The monoisotopic (exact) mass is 420 g/mol. The fraction of sp³-hybridized carbons (Fsp3) is 0.0370. The van der Waals surface area contributed by atoms with E-state index in [-0.39, 0.29) is 5.56 Å². The van der Waals surface area contributed by atoms with Crippen molar-refractivity contribution in [1.29, 1.82) is 0 Å². The van der Waals surface area contributed by atoms with Crippen molar-refractivity contribution in [2.75, 3.05) is 0 Å². The van der Waals surface area contributed by atoms with Crippen LogP contribution in [0.3, 0.4) is 0 Å². The molecule has 156 valence electrons. The smallest absolute Gasteiger partial charge is 0.335 e. The van der Waals surface area contributed by atoms with Gasteiger partial charge >= 0.3 is 5.97 Å². The van der Waals surface area contributed by atoms with E-state index in [1.54, 1.807) is 25.1 Å². The molecule has 1 aromatic heterocycles. The topological polar surface area (TPSA) is 64.4 Å². The SMILES string of the molecule is Cc1cc(Oc2ccc3nc(-c4ccccc4)n(-c4ccccc4)c3c2)ccc1C(=O)O. The van der Waals surface area contributed by atoms with E-state index in [0.29, 0.717) is 17.1 Å².